The Bertz CT molecular complexity index is 822. The van der Waals surface area contributed by atoms with Crippen LogP contribution >= 0.6 is 0 Å². The minimum atomic E-state index is -0.254. The van der Waals surface area contributed by atoms with E-state index < -0.39 is 0 Å². The summed E-state index contributed by atoms with van der Waals surface area (Å²) in [5, 5.41) is 3.39. The van der Waals surface area contributed by atoms with Crippen LogP contribution in [-0.4, -0.2) is 67.4 Å². The fourth-order valence-electron chi connectivity index (χ4n) is 3.32. The van der Waals surface area contributed by atoms with Crippen molar-refractivity contribution < 1.29 is 14.3 Å². The van der Waals surface area contributed by atoms with Gasteiger partial charge < -0.3 is 24.6 Å². The maximum absolute atomic E-state index is 11.9. The smallest absolute Gasteiger partial charge is 0.409 e. The topological polar surface area (TPSA) is 79.8 Å². The molecule has 0 radical (unpaired) electrons. The fraction of sp³-hybridized carbons (Fsp3) is 0.476. The van der Waals surface area contributed by atoms with Crippen molar-refractivity contribution in [2.45, 2.75) is 20.3 Å². The van der Waals surface area contributed by atoms with Crippen LogP contribution in [0.5, 0.6) is 5.75 Å². The molecule has 1 amide bonds. The Morgan fingerprint density at radius 2 is 1.93 bits per heavy atom. The number of anilines is 2. The fourth-order valence-corrected chi connectivity index (χ4v) is 3.32. The van der Waals surface area contributed by atoms with E-state index in [2.05, 4.69) is 26.3 Å². The van der Waals surface area contributed by atoms with E-state index in [0.29, 0.717) is 38.7 Å². The quantitative estimate of drug-likeness (QED) is 0.767. The van der Waals surface area contributed by atoms with Crippen molar-refractivity contribution in [1.29, 1.82) is 0 Å². The van der Waals surface area contributed by atoms with Crippen LogP contribution in [0.25, 0.3) is 0 Å². The number of nitrogens with zero attached hydrogens (tertiary/aromatic N) is 4. The third-order valence-electron chi connectivity index (χ3n) is 4.82. The average molecular weight is 399 g/mol. The number of aromatic nitrogens is 2. The highest BCUT2D eigenvalue weighted by Gasteiger charge is 2.23. The Morgan fingerprint density at radius 3 is 2.66 bits per heavy atom. The van der Waals surface area contributed by atoms with Gasteiger partial charge in [-0.25, -0.2) is 9.78 Å². The van der Waals surface area contributed by atoms with Gasteiger partial charge in [-0.3, -0.25) is 0 Å². The van der Waals surface area contributed by atoms with Crippen molar-refractivity contribution in [1.82, 2.24) is 14.9 Å². The maximum Gasteiger partial charge on any atom is 0.409 e. The lowest BCUT2D eigenvalue weighted by atomic mass is 10.1. The van der Waals surface area contributed by atoms with Crippen molar-refractivity contribution in [3.05, 3.63) is 41.6 Å². The van der Waals surface area contributed by atoms with Gasteiger partial charge in [0, 0.05) is 44.5 Å². The molecule has 1 N–H and O–H groups in total. The predicted octanol–water partition coefficient (Wildman–Crippen LogP) is 2.73. The summed E-state index contributed by atoms with van der Waals surface area (Å²) in [5.74, 6) is 2.39. The number of para-hydroxylation sites is 1. The van der Waals surface area contributed by atoms with E-state index >= 15 is 0 Å². The molecule has 8 heteroatoms. The van der Waals surface area contributed by atoms with Crippen LogP contribution in [0.1, 0.15) is 18.2 Å². The first-order valence-electron chi connectivity index (χ1n) is 9.98. The Balaban J connectivity index is 1.58. The molecule has 1 saturated heterocycles. The van der Waals surface area contributed by atoms with Crippen molar-refractivity contribution in [2.24, 2.45) is 0 Å². The number of piperazine rings is 1. The molecule has 3 rings (SSSR count). The first-order valence-corrected chi connectivity index (χ1v) is 9.98. The molecule has 2 aromatic rings. The van der Waals surface area contributed by atoms with Gasteiger partial charge in [-0.15, -0.1) is 0 Å². The number of aryl methyl sites for hydroxylation is 1. The van der Waals surface area contributed by atoms with Gasteiger partial charge in [0.15, 0.2) is 0 Å². The average Bonchev–Trinajstić information content (AvgIpc) is 2.74. The van der Waals surface area contributed by atoms with E-state index in [9.17, 15) is 4.79 Å². The highest BCUT2D eigenvalue weighted by molar-refractivity contribution is 5.68. The zero-order chi connectivity index (χ0) is 20.6. The third kappa shape index (κ3) is 5.49. The standard InChI is InChI=1S/C21H29N5O3/c1-4-29-21(27)26-13-11-25(12-14-26)20-23-16(2)15-19(24-20)22-10-9-17-7-5-6-8-18(17)28-3/h5-8,15H,4,9-14H2,1-3H3,(H,22,23,24). The summed E-state index contributed by atoms with van der Waals surface area (Å²) in [6.07, 6.45) is 0.580. The molecule has 1 aliphatic rings. The second-order valence-corrected chi connectivity index (χ2v) is 6.86. The van der Waals surface area contributed by atoms with Crippen LogP contribution in [0, 0.1) is 6.92 Å². The number of hydrogen-bond acceptors (Lipinski definition) is 7. The molecule has 2 heterocycles. The van der Waals surface area contributed by atoms with Crippen LogP contribution in [0.3, 0.4) is 0 Å². The van der Waals surface area contributed by atoms with E-state index in [4.69, 9.17) is 9.47 Å². The molecule has 1 aliphatic heterocycles. The van der Waals surface area contributed by atoms with E-state index in [0.717, 1.165) is 35.8 Å². The molecule has 0 aliphatic carbocycles. The van der Waals surface area contributed by atoms with Crippen molar-refractivity contribution in [3.63, 3.8) is 0 Å². The monoisotopic (exact) mass is 399 g/mol. The van der Waals surface area contributed by atoms with Gasteiger partial charge in [0.25, 0.3) is 0 Å². The Kier molecular flexibility index (Phi) is 7.10. The number of amides is 1. The van der Waals surface area contributed by atoms with Gasteiger partial charge in [-0.1, -0.05) is 18.2 Å². The first-order chi connectivity index (χ1) is 14.1. The lowest BCUT2D eigenvalue weighted by molar-refractivity contribution is 0.105. The molecular formula is C21H29N5O3. The van der Waals surface area contributed by atoms with Crippen molar-refractivity contribution in [2.75, 3.05) is 56.7 Å². The van der Waals surface area contributed by atoms with Crippen LogP contribution in [-0.2, 0) is 11.2 Å². The van der Waals surface area contributed by atoms with Gasteiger partial charge in [-0.05, 0) is 31.9 Å². The number of carbonyl (C=O) groups is 1. The minimum Gasteiger partial charge on any atom is -0.496 e. The molecule has 29 heavy (non-hydrogen) atoms. The predicted molar refractivity (Wildman–Crippen MR) is 113 cm³/mol. The number of ether oxygens (including phenoxy) is 2. The molecule has 8 nitrogen and oxygen atoms in total. The molecule has 1 aromatic carbocycles. The van der Waals surface area contributed by atoms with E-state index in [1.54, 1.807) is 12.0 Å². The molecule has 1 fully saturated rings. The summed E-state index contributed by atoms with van der Waals surface area (Å²) >= 11 is 0. The number of nitrogens with one attached hydrogen (secondary N) is 1. The summed E-state index contributed by atoms with van der Waals surface area (Å²) in [6.45, 7) is 7.49. The Labute approximate surface area is 171 Å². The van der Waals surface area contributed by atoms with Crippen molar-refractivity contribution >= 4 is 17.9 Å². The number of hydrogen-bond donors (Lipinski definition) is 1. The molecule has 1 aromatic heterocycles. The van der Waals surface area contributed by atoms with Crippen LogP contribution in [0.15, 0.2) is 30.3 Å². The molecular weight excluding hydrogens is 370 g/mol. The summed E-state index contributed by atoms with van der Waals surface area (Å²) in [6, 6.07) is 9.97. The largest absolute Gasteiger partial charge is 0.496 e. The number of benzene rings is 1. The molecule has 0 bridgehead atoms. The lowest BCUT2D eigenvalue weighted by Crippen LogP contribution is -2.49. The van der Waals surface area contributed by atoms with Crippen molar-refractivity contribution in [3.8, 4) is 5.75 Å². The molecule has 156 valence electrons. The lowest BCUT2D eigenvalue weighted by Gasteiger charge is -2.34. The highest BCUT2D eigenvalue weighted by atomic mass is 16.6. The Morgan fingerprint density at radius 1 is 1.17 bits per heavy atom. The van der Waals surface area contributed by atoms with Crippen LogP contribution < -0.4 is 15.0 Å². The number of methoxy groups -OCH3 is 1. The van der Waals surface area contributed by atoms with Gasteiger partial charge >= 0.3 is 6.09 Å². The minimum absolute atomic E-state index is 0.254. The van der Waals surface area contributed by atoms with E-state index in [1.807, 2.05) is 38.1 Å². The molecule has 0 saturated carbocycles. The molecule has 0 atom stereocenters. The molecule has 0 unspecified atom stereocenters. The number of rotatable bonds is 7. The SMILES string of the molecule is CCOC(=O)N1CCN(c2nc(C)cc(NCCc3ccccc3OC)n2)CC1. The van der Waals surface area contributed by atoms with Gasteiger partial charge in [0.05, 0.1) is 13.7 Å². The molecule has 0 spiro atoms. The maximum atomic E-state index is 11.9. The second kappa shape index (κ2) is 9.95. The third-order valence-corrected chi connectivity index (χ3v) is 4.82. The summed E-state index contributed by atoms with van der Waals surface area (Å²) in [5.41, 5.74) is 2.06. The van der Waals surface area contributed by atoms with Crippen LogP contribution in [0.2, 0.25) is 0 Å². The van der Waals surface area contributed by atoms with E-state index in [-0.39, 0.29) is 6.09 Å². The highest BCUT2D eigenvalue weighted by Crippen LogP contribution is 2.19. The summed E-state index contributed by atoms with van der Waals surface area (Å²) < 4.78 is 10.5. The zero-order valence-electron chi connectivity index (χ0n) is 17.4. The second-order valence-electron chi connectivity index (χ2n) is 6.86. The summed E-state index contributed by atoms with van der Waals surface area (Å²) in [4.78, 5) is 24.9. The van der Waals surface area contributed by atoms with Gasteiger partial charge in [-0.2, -0.15) is 4.98 Å². The zero-order valence-corrected chi connectivity index (χ0v) is 17.4. The van der Waals surface area contributed by atoms with E-state index in [1.165, 1.54) is 0 Å². The first kappa shape index (κ1) is 20.7. The van der Waals surface area contributed by atoms with Gasteiger partial charge in [0.2, 0.25) is 5.95 Å². The van der Waals surface area contributed by atoms with Gasteiger partial charge in [0.1, 0.15) is 11.6 Å². The Hall–Kier alpha value is -3.03. The number of carbonyl (C=O) groups excluding carboxylic acids is 1. The summed E-state index contributed by atoms with van der Waals surface area (Å²) in [7, 11) is 1.69. The van der Waals surface area contributed by atoms with Crippen LogP contribution in [0.4, 0.5) is 16.6 Å². The normalized spacial score (nSPS) is 13.9.